The van der Waals surface area contributed by atoms with Gasteiger partial charge in [0, 0.05) is 25.2 Å². The van der Waals surface area contributed by atoms with Gasteiger partial charge in [0.1, 0.15) is 11.9 Å². The average Bonchev–Trinajstić information content (AvgIpc) is 3.13. The number of nitrogens with zero attached hydrogens (tertiary/aromatic N) is 2. The number of halogens is 1. The SMILES string of the molecule is N#Cc1cccc(CN2CC(O)(C3CC3)C2)c1F. The topological polar surface area (TPSA) is 47.3 Å². The maximum Gasteiger partial charge on any atom is 0.145 e. The van der Waals surface area contributed by atoms with Gasteiger partial charge < -0.3 is 5.11 Å². The number of likely N-dealkylation sites (tertiary alicyclic amines) is 1. The van der Waals surface area contributed by atoms with Crippen molar-refractivity contribution in [3.05, 3.63) is 35.1 Å². The molecule has 4 heteroatoms. The number of hydrogen-bond acceptors (Lipinski definition) is 3. The first-order chi connectivity index (χ1) is 8.62. The predicted molar refractivity (Wildman–Crippen MR) is 64.1 cm³/mol. The van der Waals surface area contributed by atoms with Crippen LogP contribution in [0.2, 0.25) is 0 Å². The molecule has 1 N–H and O–H groups in total. The van der Waals surface area contributed by atoms with Crippen molar-refractivity contribution in [3.8, 4) is 6.07 Å². The first-order valence-corrected chi connectivity index (χ1v) is 6.24. The van der Waals surface area contributed by atoms with Crippen LogP contribution >= 0.6 is 0 Å². The molecule has 0 bridgehead atoms. The molecule has 0 atom stereocenters. The summed E-state index contributed by atoms with van der Waals surface area (Å²) in [6.07, 6.45) is 2.23. The van der Waals surface area contributed by atoms with Crippen molar-refractivity contribution in [1.82, 2.24) is 4.90 Å². The van der Waals surface area contributed by atoms with E-state index in [1.54, 1.807) is 12.1 Å². The van der Waals surface area contributed by atoms with Crippen LogP contribution in [0.1, 0.15) is 24.0 Å². The first-order valence-electron chi connectivity index (χ1n) is 6.24. The first kappa shape index (κ1) is 11.6. The number of β-amino-alcohol motifs (C(OH)–C–C–N with tert-alkyl or cyclic N) is 1. The van der Waals surface area contributed by atoms with E-state index >= 15 is 0 Å². The van der Waals surface area contributed by atoms with Crippen LogP contribution in [-0.2, 0) is 6.54 Å². The molecule has 18 heavy (non-hydrogen) atoms. The third-order valence-electron chi connectivity index (χ3n) is 3.93. The van der Waals surface area contributed by atoms with Crippen LogP contribution in [0.15, 0.2) is 18.2 Å². The number of benzene rings is 1. The molecule has 0 unspecified atom stereocenters. The minimum Gasteiger partial charge on any atom is -0.387 e. The second-order valence-electron chi connectivity index (χ2n) is 5.41. The van der Waals surface area contributed by atoms with Crippen LogP contribution in [0.3, 0.4) is 0 Å². The Kier molecular flexibility index (Phi) is 2.61. The van der Waals surface area contributed by atoms with E-state index in [2.05, 4.69) is 0 Å². The standard InChI is InChI=1S/C14H15FN2O/c15-13-10(6-16)2-1-3-11(13)7-17-8-14(18,9-17)12-4-5-12/h1-3,12,18H,4-5,7-9H2. The molecule has 0 amide bonds. The number of hydrogen-bond donors (Lipinski definition) is 1. The number of rotatable bonds is 3. The monoisotopic (exact) mass is 246 g/mol. The van der Waals surface area contributed by atoms with Gasteiger partial charge in [-0.3, -0.25) is 4.90 Å². The lowest BCUT2D eigenvalue weighted by Gasteiger charge is -2.47. The molecule has 0 aromatic heterocycles. The fraction of sp³-hybridized carbons (Fsp3) is 0.500. The van der Waals surface area contributed by atoms with Gasteiger partial charge in [0.2, 0.25) is 0 Å². The van der Waals surface area contributed by atoms with E-state index in [-0.39, 0.29) is 5.56 Å². The van der Waals surface area contributed by atoms with Crippen LogP contribution < -0.4 is 0 Å². The van der Waals surface area contributed by atoms with E-state index in [4.69, 9.17) is 5.26 Å². The Morgan fingerprint density at radius 3 is 2.78 bits per heavy atom. The van der Waals surface area contributed by atoms with Gasteiger partial charge in [-0.2, -0.15) is 5.26 Å². The largest absolute Gasteiger partial charge is 0.387 e. The summed E-state index contributed by atoms with van der Waals surface area (Å²) >= 11 is 0. The lowest BCUT2D eigenvalue weighted by Crippen LogP contribution is -2.62. The van der Waals surface area contributed by atoms with Crippen LogP contribution in [0.5, 0.6) is 0 Å². The third kappa shape index (κ3) is 1.90. The molecule has 3 rings (SSSR count). The molecule has 1 aromatic rings. The number of aliphatic hydroxyl groups is 1. The van der Waals surface area contributed by atoms with Gasteiger partial charge in [-0.15, -0.1) is 0 Å². The van der Waals surface area contributed by atoms with Gasteiger partial charge in [-0.1, -0.05) is 12.1 Å². The summed E-state index contributed by atoms with van der Waals surface area (Å²) in [5, 5.41) is 18.9. The molecule has 1 aliphatic carbocycles. The van der Waals surface area contributed by atoms with Gasteiger partial charge in [0.05, 0.1) is 11.2 Å². The molecule has 1 aliphatic heterocycles. The molecular weight excluding hydrogens is 231 g/mol. The maximum atomic E-state index is 13.8. The predicted octanol–water partition coefficient (Wildman–Crippen LogP) is 1.65. The van der Waals surface area contributed by atoms with Crippen molar-refractivity contribution in [2.75, 3.05) is 13.1 Å². The van der Waals surface area contributed by atoms with Gasteiger partial charge in [0.15, 0.2) is 0 Å². The van der Waals surface area contributed by atoms with Crippen molar-refractivity contribution >= 4 is 0 Å². The molecule has 1 saturated heterocycles. The fourth-order valence-corrected chi connectivity index (χ4v) is 2.75. The Morgan fingerprint density at radius 2 is 2.17 bits per heavy atom. The van der Waals surface area contributed by atoms with E-state index < -0.39 is 11.4 Å². The van der Waals surface area contributed by atoms with Crippen LogP contribution in [0.4, 0.5) is 4.39 Å². The highest BCUT2D eigenvalue weighted by atomic mass is 19.1. The quantitative estimate of drug-likeness (QED) is 0.882. The van der Waals surface area contributed by atoms with Crippen LogP contribution in [-0.4, -0.2) is 28.7 Å². The Hall–Kier alpha value is -1.44. The van der Waals surface area contributed by atoms with Crippen LogP contribution in [0, 0.1) is 23.1 Å². The highest BCUT2D eigenvalue weighted by molar-refractivity contribution is 5.35. The molecule has 2 fully saturated rings. The second-order valence-corrected chi connectivity index (χ2v) is 5.41. The van der Waals surface area contributed by atoms with Crippen molar-refractivity contribution in [1.29, 1.82) is 5.26 Å². The van der Waals surface area contributed by atoms with Gasteiger partial charge >= 0.3 is 0 Å². The van der Waals surface area contributed by atoms with Crippen LogP contribution in [0.25, 0.3) is 0 Å². The third-order valence-corrected chi connectivity index (χ3v) is 3.93. The summed E-state index contributed by atoms with van der Waals surface area (Å²) in [7, 11) is 0. The Bertz CT molecular complexity index is 513. The lowest BCUT2D eigenvalue weighted by molar-refractivity contribution is -0.116. The summed E-state index contributed by atoms with van der Waals surface area (Å²) in [4.78, 5) is 2.03. The summed E-state index contributed by atoms with van der Waals surface area (Å²) in [5.74, 6) is 0.0194. The maximum absolute atomic E-state index is 13.8. The smallest absolute Gasteiger partial charge is 0.145 e. The second kappa shape index (κ2) is 4.04. The Balaban J connectivity index is 1.66. The Morgan fingerprint density at radius 1 is 1.44 bits per heavy atom. The van der Waals surface area contributed by atoms with E-state index in [9.17, 15) is 9.50 Å². The number of nitriles is 1. The molecule has 3 nitrogen and oxygen atoms in total. The molecule has 1 saturated carbocycles. The van der Waals surface area contributed by atoms with Crippen molar-refractivity contribution in [2.45, 2.75) is 25.0 Å². The zero-order chi connectivity index (χ0) is 12.8. The summed E-state index contributed by atoms with van der Waals surface area (Å²) in [6, 6.07) is 6.73. The van der Waals surface area contributed by atoms with E-state index in [1.807, 2.05) is 11.0 Å². The zero-order valence-corrected chi connectivity index (χ0v) is 10.1. The van der Waals surface area contributed by atoms with Gasteiger partial charge in [-0.05, 0) is 24.8 Å². The van der Waals surface area contributed by atoms with Gasteiger partial charge in [0.25, 0.3) is 0 Å². The van der Waals surface area contributed by atoms with E-state index in [0.29, 0.717) is 31.1 Å². The Labute approximate surface area is 105 Å². The van der Waals surface area contributed by atoms with Crippen molar-refractivity contribution < 1.29 is 9.50 Å². The molecule has 1 aromatic carbocycles. The van der Waals surface area contributed by atoms with E-state index in [0.717, 1.165) is 12.8 Å². The van der Waals surface area contributed by atoms with E-state index in [1.165, 1.54) is 6.07 Å². The fourth-order valence-electron chi connectivity index (χ4n) is 2.75. The minimum absolute atomic E-state index is 0.0884. The van der Waals surface area contributed by atoms with Gasteiger partial charge in [-0.25, -0.2) is 4.39 Å². The molecular formula is C14H15FN2O. The highest BCUT2D eigenvalue weighted by Crippen LogP contribution is 2.44. The highest BCUT2D eigenvalue weighted by Gasteiger charge is 2.51. The van der Waals surface area contributed by atoms with Crippen molar-refractivity contribution in [3.63, 3.8) is 0 Å². The molecule has 0 radical (unpaired) electrons. The summed E-state index contributed by atoms with van der Waals surface area (Å²) < 4.78 is 13.8. The van der Waals surface area contributed by atoms with Crippen molar-refractivity contribution in [2.24, 2.45) is 5.92 Å². The zero-order valence-electron chi connectivity index (χ0n) is 10.1. The lowest BCUT2D eigenvalue weighted by atomic mass is 9.88. The molecule has 0 spiro atoms. The average molecular weight is 246 g/mol. The normalized spacial score (nSPS) is 22.3. The summed E-state index contributed by atoms with van der Waals surface area (Å²) in [5.41, 5.74) is 0.0842. The molecule has 2 aliphatic rings. The molecule has 1 heterocycles. The molecule has 94 valence electrons. The summed E-state index contributed by atoms with van der Waals surface area (Å²) in [6.45, 7) is 1.71. The minimum atomic E-state index is -0.538.